The van der Waals surface area contributed by atoms with Crippen LogP contribution in [0.25, 0.3) is 0 Å². The minimum absolute atomic E-state index is 0.130. The minimum Gasteiger partial charge on any atom is -0.403 e. The second-order valence-electron chi connectivity index (χ2n) is 13.8. The third kappa shape index (κ3) is 3.52. The lowest BCUT2D eigenvalue weighted by atomic mass is 9.56. The molecule has 0 spiro atoms. The average Bonchev–Trinajstić information content (AvgIpc) is 3.33. The summed E-state index contributed by atoms with van der Waals surface area (Å²) in [7, 11) is -0.264. The molecule has 6 rings (SSSR count). The highest BCUT2D eigenvalue weighted by atomic mass is 16.7. The number of morpholine rings is 1. The maximum Gasteiger partial charge on any atom is 0.461 e. The van der Waals surface area contributed by atoms with E-state index in [-0.39, 0.29) is 48.8 Å². The molecule has 7 unspecified atom stereocenters. The van der Waals surface area contributed by atoms with Crippen LogP contribution in [0.15, 0.2) is 0 Å². The Kier molecular flexibility index (Phi) is 5.47. The van der Waals surface area contributed by atoms with E-state index in [1.807, 2.05) is 0 Å². The molecule has 6 fully saturated rings. The molecule has 0 amide bonds. The molecule has 7 atom stereocenters. The second kappa shape index (κ2) is 7.68. The summed E-state index contributed by atoms with van der Waals surface area (Å²) >= 11 is 0. The summed E-state index contributed by atoms with van der Waals surface area (Å²) in [5.41, 5.74) is 2.71. The molecule has 34 heavy (non-hydrogen) atoms. The smallest absolute Gasteiger partial charge is 0.403 e. The van der Waals surface area contributed by atoms with E-state index in [1.54, 1.807) is 0 Å². The molecule has 7 nitrogen and oxygen atoms in total. The summed E-state index contributed by atoms with van der Waals surface area (Å²) in [6.45, 7) is 18.2. The Morgan fingerprint density at radius 2 is 1.29 bits per heavy atom. The Morgan fingerprint density at radius 1 is 0.706 bits per heavy atom. The van der Waals surface area contributed by atoms with E-state index < -0.39 is 0 Å². The zero-order valence-corrected chi connectivity index (χ0v) is 22.4. The van der Waals surface area contributed by atoms with Crippen molar-refractivity contribution in [1.29, 1.82) is 0 Å². The van der Waals surface area contributed by atoms with Crippen LogP contribution in [0.3, 0.4) is 0 Å². The standard InChI is InChI=1S/C25H44B2N2O5/c1-22(2)23(3,4)32-26(31-22)15-9-11-18-20(13-15)30-19-12-10-17(16-14-28-29(18)21(16)19)27-33-24(5,6)25(7,8)34-27/h15-21,28H,9-14H2,1-8H3. The van der Waals surface area contributed by atoms with Crippen LogP contribution in [0.4, 0.5) is 0 Å². The Morgan fingerprint density at radius 3 is 1.91 bits per heavy atom. The first-order valence-corrected chi connectivity index (χ1v) is 13.7. The molecule has 0 bridgehead atoms. The molecule has 2 aliphatic carbocycles. The van der Waals surface area contributed by atoms with Gasteiger partial charge in [-0.1, -0.05) is 6.42 Å². The van der Waals surface area contributed by atoms with Gasteiger partial charge >= 0.3 is 14.2 Å². The fraction of sp³-hybridized carbons (Fsp3) is 1.00. The van der Waals surface area contributed by atoms with Gasteiger partial charge in [-0.15, -0.1) is 0 Å². The Hall–Kier alpha value is -0.150. The first-order valence-electron chi connectivity index (χ1n) is 13.7. The second-order valence-corrected chi connectivity index (χ2v) is 13.8. The Labute approximate surface area is 206 Å². The summed E-state index contributed by atoms with van der Waals surface area (Å²) in [5.74, 6) is 1.29. The van der Waals surface area contributed by atoms with E-state index in [1.165, 1.54) is 0 Å². The maximum atomic E-state index is 6.89. The number of nitrogens with zero attached hydrogens (tertiary/aromatic N) is 1. The lowest BCUT2D eigenvalue weighted by Gasteiger charge is -2.53. The van der Waals surface area contributed by atoms with Crippen LogP contribution < -0.4 is 5.43 Å². The van der Waals surface area contributed by atoms with E-state index in [0.29, 0.717) is 29.6 Å². The largest absolute Gasteiger partial charge is 0.461 e. The van der Waals surface area contributed by atoms with Crippen LogP contribution in [-0.4, -0.2) is 72.5 Å². The van der Waals surface area contributed by atoms with Gasteiger partial charge in [0.2, 0.25) is 0 Å². The lowest BCUT2D eigenvalue weighted by Crippen LogP contribution is -2.65. The van der Waals surface area contributed by atoms with Crippen molar-refractivity contribution in [2.75, 3.05) is 6.54 Å². The van der Waals surface area contributed by atoms with Gasteiger partial charge in [0.05, 0.1) is 46.7 Å². The number of hydrogen-bond acceptors (Lipinski definition) is 7. The van der Waals surface area contributed by atoms with Crippen LogP contribution >= 0.6 is 0 Å². The molecule has 0 radical (unpaired) electrons. The molecule has 0 aromatic heterocycles. The lowest BCUT2D eigenvalue weighted by molar-refractivity contribution is -0.181. The topological polar surface area (TPSA) is 61.4 Å². The molecule has 0 aromatic rings. The number of hydrazine groups is 1. The van der Waals surface area contributed by atoms with Crippen molar-refractivity contribution in [2.24, 2.45) is 5.92 Å². The molecule has 2 saturated carbocycles. The minimum atomic E-state index is -0.277. The zero-order chi connectivity index (χ0) is 24.3. The number of fused-ring (bicyclic) bond motifs is 2. The first-order chi connectivity index (χ1) is 15.8. The van der Waals surface area contributed by atoms with Crippen LogP contribution in [0.5, 0.6) is 0 Å². The Bertz CT molecular complexity index is 791. The number of ether oxygens (including phenoxy) is 1. The fourth-order valence-electron chi connectivity index (χ4n) is 7.29. The van der Waals surface area contributed by atoms with Crippen molar-refractivity contribution in [2.45, 2.75) is 146 Å². The van der Waals surface area contributed by atoms with Gasteiger partial charge in [0, 0.05) is 6.54 Å². The van der Waals surface area contributed by atoms with Crippen LogP contribution in [0.2, 0.25) is 11.6 Å². The summed E-state index contributed by atoms with van der Waals surface area (Å²) in [6.07, 6.45) is 5.91. The van der Waals surface area contributed by atoms with E-state index in [2.05, 4.69) is 65.8 Å². The van der Waals surface area contributed by atoms with Crippen molar-refractivity contribution in [1.82, 2.24) is 10.4 Å². The highest BCUT2D eigenvalue weighted by Gasteiger charge is 2.62. The molecule has 9 heteroatoms. The van der Waals surface area contributed by atoms with E-state index in [0.717, 1.165) is 38.6 Å². The quantitative estimate of drug-likeness (QED) is 0.611. The van der Waals surface area contributed by atoms with Gasteiger partial charge in [-0.3, -0.25) is 5.43 Å². The van der Waals surface area contributed by atoms with Crippen LogP contribution in [0, 0.1) is 5.92 Å². The van der Waals surface area contributed by atoms with Gasteiger partial charge in [-0.25, -0.2) is 5.01 Å². The van der Waals surface area contributed by atoms with E-state index in [9.17, 15) is 0 Å². The highest BCUT2D eigenvalue weighted by molar-refractivity contribution is 6.48. The van der Waals surface area contributed by atoms with Gasteiger partial charge in [-0.05, 0) is 98.6 Å². The summed E-state index contributed by atoms with van der Waals surface area (Å²) in [6, 6.07) is 0.828. The number of nitrogens with one attached hydrogen (secondary N) is 1. The number of hydrogen-bond donors (Lipinski definition) is 1. The van der Waals surface area contributed by atoms with Gasteiger partial charge in [0.15, 0.2) is 0 Å². The predicted octanol–water partition coefficient (Wildman–Crippen LogP) is 3.83. The molecular weight excluding hydrogens is 430 g/mol. The summed E-state index contributed by atoms with van der Waals surface area (Å²) in [4.78, 5) is 0. The van der Waals surface area contributed by atoms with E-state index in [4.69, 9.17) is 23.4 Å². The molecule has 6 aliphatic rings. The van der Waals surface area contributed by atoms with Crippen molar-refractivity contribution in [3.8, 4) is 0 Å². The molecule has 0 aromatic carbocycles. The molecule has 190 valence electrons. The highest BCUT2D eigenvalue weighted by Crippen LogP contribution is 2.53. The van der Waals surface area contributed by atoms with Crippen molar-refractivity contribution in [3.63, 3.8) is 0 Å². The molecular formula is C25H44B2N2O5. The first kappa shape index (κ1) is 24.2. The van der Waals surface area contributed by atoms with Crippen molar-refractivity contribution in [3.05, 3.63) is 0 Å². The van der Waals surface area contributed by atoms with Crippen molar-refractivity contribution >= 4 is 14.2 Å². The summed E-state index contributed by atoms with van der Waals surface area (Å²) in [5, 5.41) is 2.58. The molecule has 4 saturated heterocycles. The predicted molar refractivity (Wildman–Crippen MR) is 132 cm³/mol. The van der Waals surface area contributed by atoms with Crippen molar-refractivity contribution < 1.29 is 23.4 Å². The normalized spacial score (nSPS) is 46.4. The third-order valence-electron chi connectivity index (χ3n) is 10.8. The Balaban J connectivity index is 1.15. The maximum absolute atomic E-state index is 6.89. The monoisotopic (exact) mass is 474 g/mol. The molecule has 4 aliphatic heterocycles. The summed E-state index contributed by atoms with van der Waals surface area (Å²) < 4.78 is 32.7. The van der Waals surface area contributed by atoms with Crippen LogP contribution in [-0.2, 0) is 23.4 Å². The molecule has 1 N–H and O–H groups in total. The molecule has 4 heterocycles. The van der Waals surface area contributed by atoms with Gasteiger partial charge in [0.1, 0.15) is 0 Å². The fourth-order valence-corrected chi connectivity index (χ4v) is 7.29. The third-order valence-corrected chi connectivity index (χ3v) is 10.8. The van der Waals surface area contributed by atoms with E-state index >= 15 is 0 Å². The average molecular weight is 474 g/mol. The van der Waals surface area contributed by atoms with Gasteiger partial charge in [-0.2, -0.15) is 0 Å². The van der Waals surface area contributed by atoms with Gasteiger partial charge < -0.3 is 23.4 Å². The SMILES string of the molecule is CC1(C)OB(C2CCC3C(C2)OC2CCC(B4OC(C)(C)C(C)(C)O4)C4CNN3C24)OC1(C)C. The van der Waals surface area contributed by atoms with Crippen LogP contribution in [0.1, 0.15) is 87.5 Å². The number of rotatable bonds is 2. The van der Waals surface area contributed by atoms with Gasteiger partial charge in [0.25, 0.3) is 0 Å². The zero-order valence-electron chi connectivity index (χ0n) is 22.4.